The molecule has 0 amide bonds. The number of nitrogens with one attached hydrogen (secondary N) is 1. The summed E-state index contributed by atoms with van der Waals surface area (Å²) < 4.78 is 5.44. The number of carboxylic acids is 1. The molecule has 18 heavy (non-hydrogen) atoms. The molecular weight excluding hydrogens is 234 g/mol. The zero-order chi connectivity index (χ0) is 13.0. The van der Waals surface area contributed by atoms with E-state index in [1.54, 1.807) is 0 Å². The molecule has 1 aliphatic heterocycles. The van der Waals surface area contributed by atoms with Gasteiger partial charge in [-0.05, 0) is 19.8 Å². The standard InChI is InChI=1S/C12H17N3O3/c1-8(9-3-2-4-18-7-9)15-11-6-13-10(5-14-11)12(16)17/h5-6,8-9H,2-4,7H2,1H3,(H,14,15)(H,16,17). The molecule has 1 fully saturated rings. The van der Waals surface area contributed by atoms with Crippen molar-refractivity contribution in [2.75, 3.05) is 18.5 Å². The van der Waals surface area contributed by atoms with Gasteiger partial charge >= 0.3 is 5.97 Å². The van der Waals surface area contributed by atoms with Gasteiger partial charge in [-0.2, -0.15) is 0 Å². The Morgan fingerprint density at radius 3 is 2.94 bits per heavy atom. The van der Waals surface area contributed by atoms with Gasteiger partial charge in [-0.3, -0.25) is 0 Å². The van der Waals surface area contributed by atoms with Crippen molar-refractivity contribution in [2.45, 2.75) is 25.8 Å². The number of aromatic nitrogens is 2. The second kappa shape index (κ2) is 5.77. The molecule has 0 saturated carbocycles. The minimum atomic E-state index is -1.07. The number of aromatic carboxylic acids is 1. The number of ether oxygens (including phenoxy) is 1. The molecule has 1 aromatic heterocycles. The number of carboxylic acid groups (broad SMARTS) is 1. The van der Waals surface area contributed by atoms with E-state index in [1.807, 2.05) is 0 Å². The van der Waals surface area contributed by atoms with Crippen molar-refractivity contribution in [1.29, 1.82) is 0 Å². The van der Waals surface area contributed by atoms with Gasteiger partial charge in [0.1, 0.15) is 5.82 Å². The Balaban J connectivity index is 1.93. The van der Waals surface area contributed by atoms with Gasteiger partial charge in [-0.15, -0.1) is 0 Å². The number of hydrogen-bond donors (Lipinski definition) is 2. The van der Waals surface area contributed by atoms with E-state index >= 15 is 0 Å². The molecule has 1 aromatic rings. The van der Waals surface area contributed by atoms with Gasteiger partial charge in [-0.25, -0.2) is 14.8 Å². The van der Waals surface area contributed by atoms with Gasteiger partial charge in [0, 0.05) is 18.6 Å². The highest BCUT2D eigenvalue weighted by Crippen LogP contribution is 2.19. The quantitative estimate of drug-likeness (QED) is 0.841. The summed E-state index contributed by atoms with van der Waals surface area (Å²) in [7, 11) is 0. The smallest absolute Gasteiger partial charge is 0.356 e. The van der Waals surface area contributed by atoms with Crippen LogP contribution >= 0.6 is 0 Å². The van der Waals surface area contributed by atoms with Gasteiger partial charge in [-0.1, -0.05) is 0 Å². The zero-order valence-electron chi connectivity index (χ0n) is 10.3. The lowest BCUT2D eigenvalue weighted by Crippen LogP contribution is -2.32. The third-order valence-corrected chi connectivity index (χ3v) is 3.15. The summed E-state index contributed by atoms with van der Waals surface area (Å²) in [5.74, 6) is -0.0134. The van der Waals surface area contributed by atoms with Crippen molar-refractivity contribution in [1.82, 2.24) is 9.97 Å². The summed E-state index contributed by atoms with van der Waals surface area (Å²) in [6.45, 7) is 3.68. The molecule has 6 heteroatoms. The fourth-order valence-corrected chi connectivity index (χ4v) is 2.02. The van der Waals surface area contributed by atoms with Gasteiger partial charge in [0.15, 0.2) is 5.69 Å². The summed E-state index contributed by atoms with van der Waals surface area (Å²) >= 11 is 0. The number of hydrogen-bond acceptors (Lipinski definition) is 5. The average molecular weight is 251 g/mol. The maximum absolute atomic E-state index is 10.6. The van der Waals surface area contributed by atoms with Crippen molar-refractivity contribution >= 4 is 11.8 Å². The highest BCUT2D eigenvalue weighted by Gasteiger charge is 2.20. The van der Waals surface area contributed by atoms with Crippen LogP contribution in [0.15, 0.2) is 12.4 Å². The van der Waals surface area contributed by atoms with Gasteiger partial charge in [0.2, 0.25) is 0 Å². The molecular formula is C12H17N3O3. The van der Waals surface area contributed by atoms with E-state index in [0.29, 0.717) is 11.7 Å². The first kappa shape index (κ1) is 12.8. The maximum Gasteiger partial charge on any atom is 0.356 e. The molecule has 98 valence electrons. The van der Waals surface area contributed by atoms with Gasteiger partial charge in [0.25, 0.3) is 0 Å². The van der Waals surface area contributed by atoms with Crippen LogP contribution in [0.5, 0.6) is 0 Å². The molecule has 0 radical (unpaired) electrons. The lowest BCUT2D eigenvalue weighted by atomic mass is 9.95. The predicted molar refractivity (Wildman–Crippen MR) is 65.6 cm³/mol. The van der Waals surface area contributed by atoms with E-state index in [-0.39, 0.29) is 11.7 Å². The van der Waals surface area contributed by atoms with Crippen LogP contribution in [-0.2, 0) is 4.74 Å². The Bertz CT molecular complexity index is 402. The Kier molecular flexibility index (Phi) is 4.09. The molecule has 0 spiro atoms. The number of carbonyl (C=O) groups is 1. The minimum Gasteiger partial charge on any atom is -0.476 e. The highest BCUT2D eigenvalue weighted by atomic mass is 16.5. The van der Waals surface area contributed by atoms with Crippen LogP contribution in [-0.4, -0.2) is 40.3 Å². The predicted octanol–water partition coefficient (Wildman–Crippen LogP) is 1.40. The fourth-order valence-electron chi connectivity index (χ4n) is 2.02. The van der Waals surface area contributed by atoms with E-state index in [4.69, 9.17) is 9.84 Å². The Labute approximate surface area is 105 Å². The van der Waals surface area contributed by atoms with Crippen molar-refractivity contribution < 1.29 is 14.6 Å². The highest BCUT2D eigenvalue weighted by molar-refractivity contribution is 5.84. The van der Waals surface area contributed by atoms with Crippen molar-refractivity contribution in [3.63, 3.8) is 0 Å². The van der Waals surface area contributed by atoms with Crippen LogP contribution in [0.1, 0.15) is 30.3 Å². The molecule has 0 aliphatic carbocycles. The first-order valence-corrected chi connectivity index (χ1v) is 6.06. The van der Waals surface area contributed by atoms with E-state index < -0.39 is 5.97 Å². The molecule has 2 N–H and O–H groups in total. The van der Waals surface area contributed by atoms with Crippen LogP contribution < -0.4 is 5.32 Å². The molecule has 2 unspecified atom stereocenters. The molecule has 1 aliphatic rings. The molecule has 6 nitrogen and oxygen atoms in total. The van der Waals surface area contributed by atoms with Crippen LogP contribution in [0.2, 0.25) is 0 Å². The summed E-state index contributed by atoms with van der Waals surface area (Å²) in [6.07, 6.45) is 4.92. The summed E-state index contributed by atoms with van der Waals surface area (Å²) in [6, 6.07) is 0.232. The zero-order valence-corrected chi connectivity index (χ0v) is 10.3. The summed E-state index contributed by atoms with van der Waals surface area (Å²) in [4.78, 5) is 18.5. The number of nitrogens with zero attached hydrogens (tertiary/aromatic N) is 2. The lowest BCUT2D eigenvalue weighted by Gasteiger charge is -2.28. The third kappa shape index (κ3) is 3.16. The van der Waals surface area contributed by atoms with E-state index in [1.165, 1.54) is 12.4 Å². The van der Waals surface area contributed by atoms with Crippen molar-refractivity contribution in [2.24, 2.45) is 5.92 Å². The van der Waals surface area contributed by atoms with Gasteiger partial charge < -0.3 is 15.2 Å². The molecule has 1 saturated heterocycles. The second-order valence-corrected chi connectivity index (χ2v) is 4.50. The van der Waals surface area contributed by atoms with Crippen LogP contribution in [0, 0.1) is 5.92 Å². The van der Waals surface area contributed by atoms with E-state index in [0.717, 1.165) is 26.1 Å². The molecule has 2 rings (SSSR count). The summed E-state index contributed by atoms with van der Waals surface area (Å²) in [5, 5.41) is 12.0. The van der Waals surface area contributed by atoms with Crippen molar-refractivity contribution in [3.05, 3.63) is 18.1 Å². The Morgan fingerprint density at radius 2 is 2.39 bits per heavy atom. The van der Waals surface area contributed by atoms with E-state index in [2.05, 4.69) is 22.2 Å². The van der Waals surface area contributed by atoms with Crippen LogP contribution in [0.4, 0.5) is 5.82 Å². The average Bonchev–Trinajstić information content (AvgIpc) is 2.40. The number of anilines is 1. The normalized spacial score (nSPS) is 21.3. The number of rotatable bonds is 4. The third-order valence-electron chi connectivity index (χ3n) is 3.15. The van der Waals surface area contributed by atoms with Gasteiger partial charge in [0.05, 0.1) is 19.0 Å². The monoisotopic (exact) mass is 251 g/mol. The minimum absolute atomic E-state index is 0.0470. The van der Waals surface area contributed by atoms with Crippen LogP contribution in [0.25, 0.3) is 0 Å². The SMILES string of the molecule is CC(Nc1cnc(C(=O)O)cn1)C1CCCOC1. The largest absolute Gasteiger partial charge is 0.476 e. The maximum atomic E-state index is 10.6. The van der Waals surface area contributed by atoms with Crippen molar-refractivity contribution in [3.8, 4) is 0 Å². The first-order chi connectivity index (χ1) is 8.66. The topological polar surface area (TPSA) is 84.3 Å². The Hall–Kier alpha value is -1.69. The summed E-state index contributed by atoms with van der Waals surface area (Å²) in [5.41, 5.74) is -0.0470. The fraction of sp³-hybridized carbons (Fsp3) is 0.583. The Morgan fingerprint density at radius 1 is 1.56 bits per heavy atom. The second-order valence-electron chi connectivity index (χ2n) is 4.50. The van der Waals surface area contributed by atoms with E-state index in [9.17, 15) is 4.79 Å². The molecule has 0 bridgehead atoms. The molecule has 0 aromatic carbocycles. The molecule has 2 heterocycles. The molecule has 2 atom stereocenters. The lowest BCUT2D eigenvalue weighted by molar-refractivity contribution is 0.0496. The first-order valence-electron chi connectivity index (χ1n) is 6.06. The van der Waals surface area contributed by atoms with Crippen LogP contribution in [0.3, 0.4) is 0 Å².